The Kier molecular flexibility index (Phi) is 5.53. The van der Waals surface area contributed by atoms with Crippen molar-refractivity contribution in [2.45, 2.75) is 33.7 Å². The first-order valence-electron chi connectivity index (χ1n) is 11.1. The lowest BCUT2D eigenvalue weighted by Crippen LogP contribution is -2.21. The van der Waals surface area contributed by atoms with Crippen molar-refractivity contribution in [3.8, 4) is 22.2 Å². The number of benzene rings is 1. The van der Waals surface area contributed by atoms with Gasteiger partial charge in [-0.05, 0) is 44.9 Å². The van der Waals surface area contributed by atoms with Crippen LogP contribution in [0.3, 0.4) is 0 Å². The number of hydrogen-bond donors (Lipinski definition) is 1. The molecule has 0 radical (unpaired) electrons. The van der Waals surface area contributed by atoms with Crippen LogP contribution in [-0.4, -0.2) is 36.5 Å². The first-order chi connectivity index (χ1) is 16.8. The van der Waals surface area contributed by atoms with Gasteiger partial charge in [0.15, 0.2) is 5.82 Å². The summed E-state index contributed by atoms with van der Waals surface area (Å²) < 4.78 is 1.95. The van der Waals surface area contributed by atoms with E-state index in [0.717, 1.165) is 43.4 Å². The molecule has 0 saturated carbocycles. The molecule has 1 N–H and O–H groups in total. The van der Waals surface area contributed by atoms with E-state index in [-0.39, 0.29) is 0 Å². The molecule has 4 heterocycles. The second-order valence-corrected chi connectivity index (χ2v) is 9.81. The molecule has 0 spiro atoms. The number of nitriles is 1. The summed E-state index contributed by atoms with van der Waals surface area (Å²) in [6.45, 7) is 7.66. The lowest BCUT2D eigenvalue weighted by Gasteiger charge is -2.16. The van der Waals surface area contributed by atoms with Gasteiger partial charge in [0.05, 0.1) is 17.2 Å². The van der Waals surface area contributed by atoms with Crippen molar-refractivity contribution in [3.05, 3.63) is 81.5 Å². The number of carboxylic acids is 1. The molecule has 35 heavy (non-hydrogen) atoms. The molecule has 9 heteroatoms. The van der Waals surface area contributed by atoms with E-state index >= 15 is 0 Å². The molecule has 0 saturated heterocycles. The first-order valence-corrected chi connectivity index (χ1v) is 11.9. The van der Waals surface area contributed by atoms with Crippen LogP contribution in [-0.2, 0) is 4.79 Å². The fourth-order valence-corrected chi connectivity index (χ4v) is 5.51. The Morgan fingerprint density at radius 1 is 1.11 bits per heavy atom. The number of carboxylic acid groups (broad SMARTS) is 1. The molecule has 3 aromatic heterocycles. The highest BCUT2D eigenvalue weighted by molar-refractivity contribution is 7.15. The van der Waals surface area contributed by atoms with Crippen LogP contribution < -0.4 is 0 Å². The van der Waals surface area contributed by atoms with Crippen molar-refractivity contribution in [1.29, 1.82) is 5.26 Å². The summed E-state index contributed by atoms with van der Waals surface area (Å²) in [5.74, 6) is -0.502. The summed E-state index contributed by atoms with van der Waals surface area (Å²) in [5.41, 5.74) is 5.95. The fraction of sp³-hybridized carbons (Fsp3) is 0.231. The van der Waals surface area contributed by atoms with Crippen LogP contribution in [0.1, 0.15) is 51.7 Å². The molecule has 1 unspecified atom stereocenters. The topological polar surface area (TPSA) is 117 Å². The normalized spacial score (nSPS) is 15.4. The summed E-state index contributed by atoms with van der Waals surface area (Å²) in [4.78, 5) is 22.3. The Balaban J connectivity index is 1.70. The number of hydrogen-bond acceptors (Lipinski definition) is 7. The van der Waals surface area contributed by atoms with E-state index in [1.165, 1.54) is 6.20 Å². The van der Waals surface area contributed by atoms with Crippen molar-refractivity contribution < 1.29 is 9.90 Å². The van der Waals surface area contributed by atoms with E-state index < -0.39 is 17.9 Å². The van der Waals surface area contributed by atoms with E-state index in [0.29, 0.717) is 17.2 Å². The van der Waals surface area contributed by atoms with Crippen LogP contribution >= 0.6 is 11.3 Å². The van der Waals surface area contributed by atoms with Gasteiger partial charge in [-0.1, -0.05) is 24.3 Å². The summed E-state index contributed by atoms with van der Waals surface area (Å²) in [6, 6.07) is 11.1. The molecule has 4 aromatic rings. The maximum Gasteiger partial charge on any atom is 0.308 e. The number of aliphatic carboxylic acids is 1. The van der Waals surface area contributed by atoms with Gasteiger partial charge in [0, 0.05) is 34.0 Å². The Morgan fingerprint density at radius 3 is 2.51 bits per heavy atom. The summed E-state index contributed by atoms with van der Waals surface area (Å²) in [6.07, 6.45) is 3.26. The Bertz CT molecular complexity index is 1540. The molecule has 0 bridgehead atoms. The third-order valence-corrected chi connectivity index (χ3v) is 7.60. The quantitative estimate of drug-likeness (QED) is 0.446. The van der Waals surface area contributed by atoms with Crippen LogP contribution in [0.25, 0.3) is 16.1 Å². The summed E-state index contributed by atoms with van der Waals surface area (Å²) in [7, 11) is 0. The zero-order chi connectivity index (χ0) is 24.9. The molecule has 0 fully saturated rings. The van der Waals surface area contributed by atoms with Crippen molar-refractivity contribution in [2.75, 3.05) is 0 Å². The SMILES string of the molecule is Cc1sc2c(c1C)C(c1ccc(-c3cncc(C#N)c3)cc1)=N[C@@H](C(C)C(=O)O)c1nnc(C)n1-2. The first kappa shape index (κ1) is 22.6. The van der Waals surface area contributed by atoms with Crippen molar-refractivity contribution in [2.24, 2.45) is 10.9 Å². The molecule has 2 atom stereocenters. The smallest absolute Gasteiger partial charge is 0.308 e. The van der Waals surface area contributed by atoms with Crippen LogP contribution in [0.15, 0.2) is 47.7 Å². The van der Waals surface area contributed by atoms with Gasteiger partial charge in [-0.3, -0.25) is 19.3 Å². The van der Waals surface area contributed by atoms with E-state index in [1.54, 1.807) is 30.5 Å². The van der Waals surface area contributed by atoms with E-state index in [9.17, 15) is 15.2 Å². The van der Waals surface area contributed by atoms with Gasteiger partial charge in [0.1, 0.15) is 22.9 Å². The monoisotopic (exact) mass is 482 g/mol. The highest BCUT2D eigenvalue weighted by Crippen LogP contribution is 2.40. The van der Waals surface area contributed by atoms with Crippen molar-refractivity contribution in [3.63, 3.8) is 0 Å². The van der Waals surface area contributed by atoms with Gasteiger partial charge in [-0.25, -0.2) is 0 Å². The second kappa shape index (κ2) is 8.56. The maximum absolute atomic E-state index is 12.0. The van der Waals surface area contributed by atoms with E-state index in [4.69, 9.17) is 4.99 Å². The van der Waals surface area contributed by atoms with Gasteiger partial charge in [-0.2, -0.15) is 5.26 Å². The summed E-state index contributed by atoms with van der Waals surface area (Å²) in [5, 5.41) is 28.6. The van der Waals surface area contributed by atoms with Crippen molar-refractivity contribution in [1.82, 2.24) is 19.7 Å². The minimum Gasteiger partial charge on any atom is -0.481 e. The number of fused-ring (bicyclic) bond motifs is 3. The summed E-state index contributed by atoms with van der Waals surface area (Å²) >= 11 is 1.63. The van der Waals surface area contributed by atoms with Gasteiger partial charge in [0.2, 0.25) is 0 Å². The average Bonchev–Trinajstić information content (AvgIpc) is 3.33. The highest BCUT2D eigenvalue weighted by atomic mass is 32.1. The van der Waals surface area contributed by atoms with E-state index in [1.807, 2.05) is 35.8 Å². The molecule has 0 amide bonds. The minimum atomic E-state index is -0.941. The predicted molar refractivity (Wildman–Crippen MR) is 133 cm³/mol. The van der Waals surface area contributed by atoms with Crippen LogP contribution in [0.5, 0.6) is 0 Å². The lowest BCUT2D eigenvalue weighted by atomic mass is 9.96. The molecule has 1 aliphatic rings. The standard InChI is InChI=1S/C26H22N6O2S/c1-13-15(3)35-25-21(13)23(29-22(14(2)26(33)34)24-31-30-16(4)32(24)25)19-7-5-18(6-8-19)20-9-17(10-27)11-28-12-20/h5-9,11-12,14,22H,1-4H3,(H,33,34)/t14?,22-/m0/s1. The predicted octanol–water partition coefficient (Wildman–Crippen LogP) is 4.80. The second-order valence-electron chi connectivity index (χ2n) is 8.61. The molecule has 174 valence electrons. The maximum atomic E-state index is 12.0. The number of aliphatic imine (C=N–C) groups is 1. The molecule has 0 aliphatic carbocycles. The largest absolute Gasteiger partial charge is 0.481 e. The highest BCUT2D eigenvalue weighted by Gasteiger charge is 2.36. The fourth-order valence-electron chi connectivity index (χ4n) is 4.30. The average molecular weight is 483 g/mol. The zero-order valence-corrected chi connectivity index (χ0v) is 20.5. The zero-order valence-electron chi connectivity index (χ0n) is 19.6. The molecule has 1 aliphatic heterocycles. The molecular formula is C26H22N6O2S. The van der Waals surface area contributed by atoms with Gasteiger partial charge in [0.25, 0.3) is 0 Å². The van der Waals surface area contributed by atoms with Crippen LogP contribution in [0.2, 0.25) is 0 Å². The molecule has 5 rings (SSSR count). The third kappa shape index (κ3) is 3.72. The molecule has 1 aromatic carbocycles. The Morgan fingerprint density at radius 2 is 1.83 bits per heavy atom. The van der Waals surface area contributed by atoms with Gasteiger partial charge < -0.3 is 5.11 Å². The number of nitrogens with zero attached hydrogens (tertiary/aromatic N) is 6. The van der Waals surface area contributed by atoms with Crippen LogP contribution in [0.4, 0.5) is 0 Å². The minimum absolute atomic E-state index is 0.498. The van der Waals surface area contributed by atoms with Crippen LogP contribution in [0, 0.1) is 38.0 Å². The van der Waals surface area contributed by atoms with Gasteiger partial charge in [-0.15, -0.1) is 21.5 Å². The number of thiophene rings is 1. The number of pyridine rings is 1. The lowest BCUT2D eigenvalue weighted by molar-refractivity contribution is -0.141. The molecule has 8 nitrogen and oxygen atoms in total. The Labute approximate surface area is 206 Å². The molecular weight excluding hydrogens is 460 g/mol. The van der Waals surface area contributed by atoms with Crippen molar-refractivity contribution >= 4 is 23.0 Å². The third-order valence-electron chi connectivity index (χ3n) is 6.41. The van der Waals surface area contributed by atoms with Gasteiger partial charge >= 0.3 is 5.97 Å². The number of aryl methyl sites for hydroxylation is 2. The number of rotatable bonds is 4. The van der Waals surface area contributed by atoms with E-state index in [2.05, 4.69) is 35.1 Å². The number of carbonyl (C=O) groups is 1. The number of aromatic nitrogens is 4. The Hall–Kier alpha value is -4.16.